The maximum absolute atomic E-state index is 13.7. The lowest BCUT2D eigenvalue weighted by atomic mass is 10.1. The van der Waals surface area contributed by atoms with Crippen molar-refractivity contribution in [3.63, 3.8) is 0 Å². The molecule has 0 amide bonds. The standard InChI is InChI=1S/C11H12F2O3/c1-4-16-11(14)7-5-8(12)6(2)10(15-3)9(7)13/h5H,4H2,1-3H3. The van der Waals surface area contributed by atoms with Crippen LogP contribution in [-0.4, -0.2) is 19.7 Å². The lowest BCUT2D eigenvalue weighted by Gasteiger charge is -2.10. The summed E-state index contributed by atoms with van der Waals surface area (Å²) in [5.74, 6) is -2.79. The molecule has 88 valence electrons. The molecule has 0 aromatic heterocycles. The van der Waals surface area contributed by atoms with Crippen molar-refractivity contribution in [2.45, 2.75) is 13.8 Å². The van der Waals surface area contributed by atoms with Crippen LogP contribution in [0.5, 0.6) is 5.75 Å². The Hall–Kier alpha value is -1.65. The third kappa shape index (κ3) is 2.13. The molecule has 0 fully saturated rings. The van der Waals surface area contributed by atoms with Crippen LogP contribution in [0.3, 0.4) is 0 Å². The number of benzene rings is 1. The molecule has 0 aliphatic carbocycles. The first-order valence-electron chi connectivity index (χ1n) is 4.72. The van der Waals surface area contributed by atoms with E-state index in [-0.39, 0.29) is 17.9 Å². The molecule has 1 rings (SSSR count). The zero-order valence-electron chi connectivity index (χ0n) is 9.27. The molecular weight excluding hydrogens is 218 g/mol. The topological polar surface area (TPSA) is 35.5 Å². The van der Waals surface area contributed by atoms with E-state index in [0.29, 0.717) is 0 Å². The molecule has 5 heteroatoms. The summed E-state index contributed by atoms with van der Waals surface area (Å²) in [7, 11) is 1.21. The molecule has 0 saturated carbocycles. The average molecular weight is 230 g/mol. The normalized spacial score (nSPS) is 10.1. The quantitative estimate of drug-likeness (QED) is 0.748. The maximum atomic E-state index is 13.7. The third-order valence-electron chi connectivity index (χ3n) is 2.11. The maximum Gasteiger partial charge on any atom is 0.341 e. The second kappa shape index (κ2) is 4.92. The summed E-state index contributed by atoms with van der Waals surface area (Å²) in [6, 6.07) is 0.811. The van der Waals surface area contributed by atoms with Crippen molar-refractivity contribution in [1.29, 1.82) is 0 Å². The second-order valence-corrected chi connectivity index (χ2v) is 3.10. The summed E-state index contributed by atoms with van der Waals surface area (Å²) < 4.78 is 36.4. The van der Waals surface area contributed by atoms with Gasteiger partial charge < -0.3 is 9.47 Å². The summed E-state index contributed by atoms with van der Waals surface area (Å²) >= 11 is 0. The molecule has 0 heterocycles. The average Bonchev–Trinajstić information content (AvgIpc) is 2.24. The van der Waals surface area contributed by atoms with E-state index in [0.717, 1.165) is 6.07 Å². The first-order chi connectivity index (χ1) is 7.52. The Bertz CT molecular complexity index is 416. The molecule has 0 aliphatic rings. The Balaban J connectivity index is 3.31. The number of hydrogen-bond donors (Lipinski definition) is 0. The van der Waals surface area contributed by atoms with Gasteiger partial charge in [0.15, 0.2) is 11.6 Å². The third-order valence-corrected chi connectivity index (χ3v) is 2.11. The van der Waals surface area contributed by atoms with Gasteiger partial charge >= 0.3 is 5.97 Å². The van der Waals surface area contributed by atoms with E-state index in [2.05, 4.69) is 4.74 Å². The van der Waals surface area contributed by atoms with Gasteiger partial charge in [0, 0.05) is 5.56 Å². The van der Waals surface area contributed by atoms with E-state index >= 15 is 0 Å². The van der Waals surface area contributed by atoms with E-state index in [1.807, 2.05) is 0 Å². The van der Waals surface area contributed by atoms with Crippen LogP contribution in [0.1, 0.15) is 22.8 Å². The minimum atomic E-state index is -0.905. The first-order valence-corrected chi connectivity index (χ1v) is 4.72. The van der Waals surface area contributed by atoms with Crippen LogP contribution in [0.15, 0.2) is 6.07 Å². The largest absolute Gasteiger partial charge is 0.493 e. The smallest absolute Gasteiger partial charge is 0.341 e. The van der Waals surface area contributed by atoms with E-state index < -0.39 is 23.2 Å². The van der Waals surface area contributed by atoms with Gasteiger partial charge in [0.05, 0.1) is 13.7 Å². The van der Waals surface area contributed by atoms with Gasteiger partial charge in [-0.05, 0) is 19.9 Å². The van der Waals surface area contributed by atoms with Gasteiger partial charge in [0.1, 0.15) is 11.4 Å². The lowest BCUT2D eigenvalue weighted by molar-refractivity contribution is 0.0519. The van der Waals surface area contributed by atoms with E-state index in [9.17, 15) is 13.6 Å². The van der Waals surface area contributed by atoms with Crippen molar-refractivity contribution in [3.05, 3.63) is 28.8 Å². The highest BCUT2D eigenvalue weighted by Crippen LogP contribution is 2.27. The number of ether oxygens (including phenoxy) is 2. The van der Waals surface area contributed by atoms with Gasteiger partial charge in [0.25, 0.3) is 0 Å². The van der Waals surface area contributed by atoms with Crippen LogP contribution in [0, 0.1) is 18.6 Å². The fourth-order valence-electron chi connectivity index (χ4n) is 1.29. The molecule has 0 bridgehead atoms. The van der Waals surface area contributed by atoms with Crippen LogP contribution in [0.25, 0.3) is 0 Å². The Labute approximate surface area is 92.0 Å². The predicted octanol–water partition coefficient (Wildman–Crippen LogP) is 2.46. The van der Waals surface area contributed by atoms with Crippen LogP contribution < -0.4 is 4.74 Å². The molecule has 0 unspecified atom stereocenters. The van der Waals surface area contributed by atoms with Crippen molar-refractivity contribution >= 4 is 5.97 Å². The van der Waals surface area contributed by atoms with Gasteiger partial charge in [-0.2, -0.15) is 0 Å². The molecule has 0 atom stereocenters. The zero-order chi connectivity index (χ0) is 12.3. The van der Waals surface area contributed by atoms with Gasteiger partial charge in [-0.1, -0.05) is 0 Å². The molecular formula is C11H12F2O3. The first kappa shape index (κ1) is 12.4. The highest BCUT2D eigenvalue weighted by molar-refractivity contribution is 5.90. The Morgan fingerprint density at radius 3 is 2.56 bits per heavy atom. The Kier molecular flexibility index (Phi) is 3.82. The predicted molar refractivity (Wildman–Crippen MR) is 53.6 cm³/mol. The van der Waals surface area contributed by atoms with Gasteiger partial charge in [-0.15, -0.1) is 0 Å². The number of carbonyl (C=O) groups is 1. The molecule has 1 aromatic rings. The van der Waals surface area contributed by atoms with E-state index in [1.165, 1.54) is 14.0 Å². The summed E-state index contributed by atoms with van der Waals surface area (Å²) in [6.45, 7) is 3.04. The molecule has 0 aliphatic heterocycles. The van der Waals surface area contributed by atoms with Crippen LogP contribution in [0.2, 0.25) is 0 Å². The van der Waals surface area contributed by atoms with Crippen molar-refractivity contribution in [1.82, 2.24) is 0 Å². The number of halogens is 2. The Morgan fingerprint density at radius 2 is 2.06 bits per heavy atom. The summed E-state index contributed by atoms with van der Waals surface area (Å²) in [5.41, 5.74) is -0.435. The number of esters is 1. The molecule has 0 N–H and O–H groups in total. The number of carbonyl (C=O) groups excluding carboxylic acids is 1. The fourth-order valence-corrected chi connectivity index (χ4v) is 1.29. The van der Waals surface area contributed by atoms with Crippen molar-refractivity contribution < 1.29 is 23.0 Å². The van der Waals surface area contributed by atoms with Crippen LogP contribution >= 0.6 is 0 Å². The molecule has 0 saturated heterocycles. The van der Waals surface area contributed by atoms with Crippen LogP contribution in [0.4, 0.5) is 8.78 Å². The Morgan fingerprint density at radius 1 is 1.44 bits per heavy atom. The number of methoxy groups -OCH3 is 1. The van der Waals surface area contributed by atoms with Crippen molar-refractivity contribution in [3.8, 4) is 5.75 Å². The second-order valence-electron chi connectivity index (χ2n) is 3.10. The van der Waals surface area contributed by atoms with Crippen molar-refractivity contribution in [2.24, 2.45) is 0 Å². The molecule has 16 heavy (non-hydrogen) atoms. The molecule has 1 aromatic carbocycles. The molecule has 0 radical (unpaired) electrons. The lowest BCUT2D eigenvalue weighted by Crippen LogP contribution is -2.10. The van der Waals surface area contributed by atoms with Gasteiger partial charge in [0.2, 0.25) is 0 Å². The summed E-state index contributed by atoms with van der Waals surface area (Å²) in [5, 5.41) is 0. The minimum Gasteiger partial charge on any atom is -0.493 e. The van der Waals surface area contributed by atoms with Gasteiger partial charge in [-0.25, -0.2) is 13.6 Å². The highest BCUT2D eigenvalue weighted by Gasteiger charge is 2.21. The van der Waals surface area contributed by atoms with Gasteiger partial charge in [-0.3, -0.25) is 0 Å². The van der Waals surface area contributed by atoms with E-state index in [1.54, 1.807) is 6.92 Å². The van der Waals surface area contributed by atoms with E-state index in [4.69, 9.17) is 4.74 Å². The summed E-state index contributed by atoms with van der Waals surface area (Å²) in [6.07, 6.45) is 0. The van der Waals surface area contributed by atoms with Crippen LogP contribution in [-0.2, 0) is 4.74 Å². The fraction of sp³-hybridized carbons (Fsp3) is 0.364. The SMILES string of the molecule is CCOC(=O)c1cc(F)c(C)c(OC)c1F. The monoisotopic (exact) mass is 230 g/mol. The molecule has 0 spiro atoms. The minimum absolute atomic E-state index is 0.0213. The number of hydrogen-bond acceptors (Lipinski definition) is 3. The highest BCUT2D eigenvalue weighted by atomic mass is 19.1. The zero-order valence-corrected chi connectivity index (χ0v) is 9.27. The summed E-state index contributed by atoms with van der Waals surface area (Å²) in [4.78, 5) is 11.3. The van der Waals surface area contributed by atoms with Crippen molar-refractivity contribution in [2.75, 3.05) is 13.7 Å². The number of rotatable bonds is 3. The molecule has 3 nitrogen and oxygen atoms in total.